The number of Topliss-reactive ketones (excluding diaryl/α,β-unsaturated/α-hetero) is 2. The summed E-state index contributed by atoms with van der Waals surface area (Å²) in [4.78, 5) is 40.5. The van der Waals surface area contributed by atoms with Crippen LogP contribution in [0, 0.1) is 39.4 Å². The van der Waals surface area contributed by atoms with E-state index in [1.807, 2.05) is 6.92 Å². The van der Waals surface area contributed by atoms with Crippen molar-refractivity contribution in [1.82, 2.24) is 0 Å². The lowest BCUT2D eigenvalue weighted by atomic mass is 9.33. The number of methoxy groups -OCH3 is 1. The fourth-order valence-corrected chi connectivity index (χ4v) is 10.3. The Morgan fingerprint density at radius 2 is 1.74 bits per heavy atom. The van der Waals surface area contributed by atoms with Crippen LogP contribution < -0.4 is 0 Å². The molecule has 10 nitrogen and oxygen atoms in total. The van der Waals surface area contributed by atoms with Gasteiger partial charge in [0.1, 0.15) is 18.0 Å². The molecule has 5 fully saturated rings. The Morgan fingerprint density at radius 3 is 2.36 bits per heavy atom. The van der Waals surface area contributed by atoms with E-state index in [1.54, 1.807) is 19.9 Å². The number of aliphatic hydroxyl groups excluding tert-OH is 3. The molecule has 10 heteroatoms. The van der Waals surface area contributed by atoms with Crippen LogP contribution in [0.5, 0.6) is 0 Å². The minimum Gasteiger partial charge on any atom is -0.472 e. The molecule has 2 heterocycles. The first-order valence-corrected chi connectivity index (χ1v) is 13.7. The molecule has 39 heavy (non-hydrogen) atoms. The van der Waals surface area contributed by atoms with Crippen LogP contribution in [0.15, 0.2) is 23.0 Å². The lowest BCUT2D eigenvalue weighted by molar-refractivity contribution is -0.375. The molecular formula is C29H38O10. The van der Waals surface area contributed by atoms with Gasteiger partial charge in [-0.05, 0) is 24.0 Å². The average molecular weight is 547 g/mol. The van der Waals surface area contributed by atoms with E-state index in [4.69, 9.17) is 18.6 Å². The number of hydrogen-bond donors (Lipinski definition) is 3. The first-order chi connectivity index (χ1) is 18.3. The van der Waals surface area contributed by atoms with Gasteiger partial charge in [-0.3, -0.25) is 14.4 Å². The molecule has 1 aromatic rings. The fourth-order valence-electron chi connectivity index (χ4n) is 10.3. The van der Waals surface area contributed by atoms with Crippen molar-refractivity contribution >= 4 is 17.5 Å². The van der Waals surface area contributed by atoms with E-state index in [1.165, 1.54) is 26.6 Å². The minimum absolute atomic E-state index is 0.0371. The van der Waals surface area contributed by atoms with Crippen LogP contribution >= 0.6 is 0 Å². The number of fused-ring (bicyclic) bond motifs is 3. The van der Waals surface area contributed by atoms with Gasteiger partial charge in [-0.15, -0.1) is 0 Å². The molecule has 1 aromatic heterocycles. The largest absolute Gasteiger partial charge is 0.472 e. The Bertz CT molecular complexity index is 1200. The van der Waals surface area contributed by atoms with Crippen LogP contribution in [0.2, 0.25) is 0 Å². The number of furan rings is 1. The van der Waals surface area contributed by atoms with Crippen molar-refractivity contribution in [2.24, 2.45) is 39.4 Å². The maximum Gasteiger partial charge on any atom is 0.302 e. The van der Waals surface area contributed by atoms with Crippen molar-refractivity contribution in [2.75, 3.05) is 13.7 Å². The minimum atomic E-state index is -1.52. The van der Waals surface area contributed by atoms with Gasteiger partial charge in [-0.1, -0.05) is 20.8 Å². The highest BCUT2D eigenvalue weighted by atomic mass is 16.7. The highest BCUT2D eigenvalue weighted by Gasteiger charge is 2.81. The molecule has 5 aliphatic rings. The van der Waals surface area contributed by atoms with E-state index in [9.17, 15) is 29.7 Å². The number of carbonyl (C=O) groups excluding carboxylic acids is 3. The summed E-state index contributed by atoms with van der Waals surface area (Å²) in [6, 6.07) is 1.74. The van der Waals surface area contributed by atoms with Crippen molar-refractivity contribution in [3.8, 4) is 0 Å². The Kier molecular flexibility index (Phi) is 5.87. The second-order valence-electron chi connectivity index (χ2n) is 13.2. The number of carbonyl (C=O) groups is 3. The number of rotatable bonds is 3. The molecule has 0 spiro atoms. The maximum absolute atomic E-state index is 14.5. The summed E-state index contributed by atoms with van der Waals surface area (Å²) in [5, 5.41) is 35.7. The SMILES string of the molecule is CO[C@@H]1OC[C@]23[C@@H](O)C[C@@H](OC(C)=O)[C@]1(C)[C@@H]2C[C@@H](O)[C@@]1(C)[C@@H]2C(=O)C[C@@H](c4ccoc4)[C@]2(C)[C@@H](O)C(=O)[C@@H]13. The zero-order valence-corrected chi connectivity index (χ0v) is 23.0. The molecule has 214 valence electrons. The van der Waals surface area contributed by atoms with Crippen LogP contribution in [0.1, 0.15) is 58.4 Å². The zero-order chi connectivity index (χ0) is 28.3. The molecule has 0 amide bonds. The summed E-state index contributed by atoms with van der Waals surface area (Å²) >= 11 is 0. The molecule has 4 saturated carbocycles. The van der Waals surface area contributed by atoms with Gasteiger partial charge in [0.05, 0.1) is 36.8 Å². The van der Waals surface area contributed by atoms with Gasteiger partial charge < -0.3 is 33.9 Å². The van der Waals surface area contributed by atoms with Gasteiger partial charge in [-0.2, -0.15) is 0 Å². The van der Waals surface area contributed by atoms with E-state index in [0.29, 0.717) is 0 Å². The summed E-state index contributed by atoms with van der Waals surface area (Å²) < 4.78 is 22.9. The Morgan fingerprint density at radius 1 is 1.03 bits per heavy atom. The van der Waals surface area contributed by atoms with Crippen LogP contribution in [-0.4, -0.2) is 77.3 Å². The van der Waals surface area contributed by atoms with E-state index in [-0.39, 0.29) is 31.7 Å². The molecule has 6 rings (SSSR count). The highest BCUT2D eigenvalue weighted by molar-refractivity contribution is 5.96. The molecule has 0 unspecified atom stereocenters. The molecular weight excluding hydrogens is 508 g/mol. The summed E-state index contributed by atoms with van der Waals surface area (Å²) in [7, 11) is 1.48. The van der Waals surface area contributed by atoms with Crippen molar-refractivity contribution in [2.45, 2.75) is 83.6 Å². The van der Waals surface area contributed by atoms with Gasteiger partial charge in [0.2, 0.25) is 0 Å². The first-order valence-electron chi connectivity index (χ1n) is 13.7. The molecule has 1 aliphatic heterocycles. The normalized spacial score (nSPS) is 52.6. The molecule has 4 aliphatic carbocycles. The number of ether oxygens (including phenoxy) is 3. The average Bonchev–Trinajstić information content (AvgIpc) is 3.49. The molecule has 3 N–H and O–H groups in total. The maximum atomic E-state index is 14.5. The third kappa shape index (κ3) is 3.02. The number of aliphatic hydroxyl groups is 3. The first kappa shape index (κ1) is 27.1. The fraction of sp³-hybridized carbons (Fsp3) is 0.759. The number of esters is 1. The predicted octanol–water partition coefficient (Wildman–Crippen LogP) is 1.60. The Hall–Kier alpha value is -2.11. The molecule has 1 saturated heterocycles. The van der Waals surface area contributed by atoms with E-state index in [2.05, 4.69) is 0 Å². The summed E-state index contributed by atoms with van der Waals surface area (Å²) in [6.07, 6.45) is -2.09. The highest BCUT2D eigenvalue weighted by Crippen LogP contribution is 2.75. The quantitative estimate of drug-likeness (QED) is 0.477. The molecule has 0 aromatic carbocycles. The zero-order valence-electron chi connectivity index (χ0n) is 23.0. The summed E-state index contributed by atoms with van der Waals surface area (Å²) in [5.41, 5.74) is -3.98. The monoisotopic (exact) mass is 546 g/mol. The van der Waals surface area contributed by atoms with Gasteiger partial charge in [-0.25, -0.2) is 0 Å². The lowest BCUT2D eigenvalue weighted by Crippen LogP contribution is -2.80. The number of ketones is 2. The van der Waals surface area contributed by atoms with Gasteiger partial charge in [0.15, 0.2) is 12.1 Å². The smallest absolute Gasteiger partial charge is 0.302 e. The van der Waals surface area contributed by atoms with Gasteiger partial charge in [0, 0.05) is 60.9 Å². The van der Waals surface area contributed by atoms with Gasteiger partial charge >= 0.3 is 5.97 Å². The lowest BCUT2D eigenvalue weighted by Gasteiger charge is -2.73. The standard InChI is InChI=1S/C29H38O10/c1-13(30)39-20-10-19(33)29-12-38-25(36-5)27(20,3)17(29)9-18(32)28(4)22-16(31)8-15(14-6-7-37-11-14)26(22,2)24(35)21(34)23(28)29/h6-7,11,15,17-20,22-25,32-33,35H,8-10,12H2,1-5H3/t15-,17-,18+,19-,20+,22+,23-,24-,25+,26-,27-,28-,29+/m0/s1. The van der Waals surface area contributed by atoms with Crippen LogP contribution in [0.25, 0.3) is 0 Å². The van der Waals surface area contributed by atoms with Crippen molar-refractivity contribution < 1.29 is 48.3 Å². The summed E-state index contributed by atoms with van der Waals surface area (Å²) in [5.74, 6) is -4.12. The second kappa shape index (κ2) is 8.45. The second-order valence-corrected chi connectivity index (χ2v) is 13.2. The van der Waals surface area contributed by atoms with Crippen molar-refractivity contribution in [3.63, 3.8) is 0 Å². The number of hydrogen-bond acceptors (Lipinski definition) is 10. The van der Waals surface area contributed by atoms with Crippen molar-refractivity contribution in [1.29, 1.82) is 0 Å². The van der Waals surface area contributed by atoms with Crippen LogP contribution in [0.4, 0.5) is 0 Å². The third-order valence-corrected chi connectivity index (χ3v) is 11.8. The van der Waals surface area contributed by atoms with E-state index >= 15 is 0 Å². The van der Waals surface area contributed by atoms with Crippen LogP contribution in [-0.2, 0) is 28.6 Å². The molecule has 2 bridgehead atoms. The van der Waals surface area contributed by atoms with Gasteiger partial charge in [0.25, 0.3) is 0 Å². The third-order valence-electron chi connectivity index (χ3n) is 11.8. The van der Waals surface area contributed by atoms with Crippen LogP contribution in [0.3, 0.4) is 0 Å². The summed E-state index contributed by atoms with van der Waals surface area (Å²) in [6.45, 7) is 6.60. The predicted molar refractivity (Wildman–Crippen MR) is 133 cm³/mol. The topological polar surface area (TPSA) is 153 Å². The van der Waals surface area contributed by atoms with E-state index < -0.39 is 87.8 Å². The molecule has 0 radical (unpaired) electrons. The van der Waals surface area contributed by atoms with E-state index in [0.717, 1.165) is 5.56 Å². The molecule has 13 atom stereocenters. The Balaban J connectivity index is 1.53. The van der Waals surface area contributed by atoms with Crippen molar-refractivity contribution in [3.05, 3.63) is 24.2 Å². The Labute approximate surface area is 227 Å².